The van der Waals surface area contributed by atoms with Crippen LogP contribution in [0.4, 0.5) is 0 Å². The number of unbranched alkanes of at least 4 members (excludes halogenated alkanes) is 18. The van der Waals surface area contributed by atoms with Gasteiger partial charge in [0.1, 0.15) is 0 Å². The molecule has 0 aromatic heterocycles. The molecule has 0 radical (unpaired) electrons. The summed E-state index contributed by atoms with van der Waals surface area (Å²) in [6.45, 7) is 10.6. The van der Waals surface area contributed by atoms with Gasteiger partial charge in [0, 0.05) is 0 Å². The second kappa shape index (κ2) is 25.2. The van der Waals surface area contributed by atoms with Crippen LogP contribution in [0.5, 0.6) is 0 Å². The monoisotopic (exact) mass is 524 g/mol. The second-order valence-corrected chi connectivity index (χ2v) is 11.3. The highest BCUT2D eigenvalue weighted by Gasteiger charge is 2.46. The molecule has 0 aliphatic heterocycles. The summed E-state index contributed by atoms with van der Waals surface area (Å²) in [5.74, 6) is -0.806. The lowest BCUT2D eigenvalue weighted by atomic mass is 9.82. The van der Waals surface area contributed by atoms with Gasteiger partial charge in [0.2, 0.25) is 0 Å². The Morgan fingerprint density at radius 3 is 1.32 bits per heavy atom. The summed E-state index contributed by atoms with van der Waals surface area (Å²) >= 11 is 0. The number of esters is 2. The zero-order valence-electron chi connectivity index (χ0n) is 25.7. The zero-order valence-corrected chi connectivity index (χ0v) is 25.7. The Morgan fingerprint density at radius 1 is 0.541 bits per heavy atom. The largest absolute Gasteiger partial charge is 0.465 e. The maximum absolute atomic E-state index is 12.9. The van der Waals surface area contributed by atoms with Crippen LogP contribution >= 0.6 is 0 Å². The van der Waals surface area contributed by atoms with Crippen molar-refractivity contribution in [2.75, 3.05) is 6.61 Å². The first-order valence-corrected chi connectivity index (χ1v) is 16.4. The Hall–Kier alpha value is -1.06. The summed E-state index contributed by atoms with van der Waals surface area (Å²) in [7, 11) is 0. The van der Waals surface area contributed by atoms with Crippen LogP contribution in [0.2, 0.25) is 0 Å². The molecular formula is C33H64O4. The molecule has 220 valence electrons. The molecular weight excluding hydrogens is 460 g/mol. The number of ether oxygens (including phenoxy) is 2. The minimum absolute atomic E-state index is 0.157. The lowest BCUT2D eigenvalue weighted by Crippen LogP contribution is -2.42. The van der Waals surface area contributed by atoms with Gasteiger partial charge in [-0.3, -0.25) is 9.59 Å². The van der Waals surface area contributed by atoms with Gasteiger partial charge in [-0.05, 0) is 39.0 Å². The normalized spacial score (nSPS) is 12.5. The van der Waals surface area contributed by atoms with E-state index in [0.29, 0.717) is 19.4 Å². The third-order valence-electron chi connectivity index (χ3n) is 7.99. The van der Waals surface area contributed by atoms with Gasteiger partial charge in [0.25, 0.3) is 0 Å². The average Bonchev–Trinajstić information content (AvgIpc) is 2.89. The maximum atomic E-state index is 12.9. The van der Waals surface area contributed by atoms with Gasteiger partial charge in [-0.2, -0.15) is 0 Å². The molecule has 0 bridgehead atoms. The van der Waals surface area contributed by atoms with E-state index in [0.717, 1.165) is 32.1 Å². The van der Waals surface area contributed by atoms with Gasteiger partial charge < -0.3 is 9.47 Å². The van der Waals surface area contributed by atoms with Crippen molar-refractivity contribution in [3.8, 4) is 0 Å². The highest BCUT2D eigenvalue weighted by molar-refractivity contribution is 6.00. The second-order valence-electron chi connectivity index (χ2n) is 11.3. The summed E-state index contributed by atoms with van der Waals surface area (Å²) in [5.41, 5.74) is -1.16. The summed E-state index contributed by atoms with van der Waals surface area (Å²) in [6.07, 6.45) is 27.2. The van der Waals surface area contributed by atoms with Crippen LogP contribution in [0.15, 0.2) is 0 Å². The van der Waals surface area contributed by atoms with E-state index in [-0.39, 0.29) is 6.10 Å². The van der Waals surface area contributed by atoms with Crippen molar-refractivity contribution in [3.63, 3.8) is 0 Å². The van der Waals surface area contributed by atoms with Crippen LogP contribution in [-0.2, 0) is 19.1 Å². The van der Waals surface area contributed by atoms with E-state index in [2.05, 4.69) is 13.8 Å². The molecule has 0 N–H and O–H groups in total. The van der Waals surface area contributed by atoms with Crippen molar-refractivity contribution in [3.05, 3.63) is 0 Å². The minimum atomic E-state index is -1.16. The van der Waals surface area contributed by atoms with Crippen molar-refractivity contribution in [1.82, 2.24) is 0 Å². The van der Waals surface area contributed by atoms with Crippen molar-refractivity contribution in [2.24, 2.45) is 5.41 Å². The minimum Gasteiger partial charge on any atom is -0.465 e. The molecule has 4 nitrogen and oxygen atoms in total. The van der Waals surface area contributed by atoms with Crippen molar-refractivity contribution in [1.29, 1.82) is 0 Å². The standard InChI is InChI=1S/C33H64O4/c1-6-10-12-14-15-16-17-18-19-20-21-22-23-24-25-27-29-36-31(34)33(8-3,9-4)32(35)37-30(5)28-26-13-11-7-2/h30H,6-29H2,1-5H3. The number of carbonyl (C=O) groups excluding carboxylic acids is 2. The van der Waals surface area contributed by atoms with E-state index < -0.39 is 17.4 Å². The van der Waals surface area contributed by atoms with Gasteiger partial charge in [0.15, 0.2) is 5.41 Å². The molecule has 0 heterocycles. The van der Waals surface area contributed by atoms with Crippen molar-refractivity contribution >= 4 is 11.9 Å². The Morgan fingerprint density at radius 2 is 0.919 bits per heavy atom. The van der Waals surface area contributed by atoms with Crippen molar-refractivity contribution in [2.45, 2.75) is 188 Å². The fraction of sp³-hybridized carbons (Fsp3) is 0.939. The first kappa shape index (κ1) is 35.9. The predicted octanol–water partition coefficient (Wildman–Crippen LogP) is 10.5. The highest BCUT2D eigenvalue weighted by Crippen LogP contribution is 2.31. The maximum Gasteiger partial charge on any atom is 0.323 e. The summed E-state index contributed by atoms with van der Waals surface area (Å²) < 4.78 is 11.3. The van der Waals surface area contributed by atoms with E-state index in [1.165, 1.54) is 103 Å². The molecule has 0 saturated carbocycles. The van der Waals surface area contributed by atoms with Crippen LogP contribution in [0.3, 0.4) is 0 Å². The Bertz CT molecular complexity index is 526. The van der Waals surface area contributed by atoms with Crippen LogP contribution in [-0.4, -0.2) is 24.6 Å². The first-order valence-electron chi connectivity index (χ1n) is 16.4. The topological polar surface area (TPSA) is 52.6 Å². The number of hydrogen-bond donors (Lipinski definition) is 0. The molecule has 0 aromatic carbocycles. The SMILES string of the molecule is CCCCCCCCCCCCCCCCCCOC(=O)C(CC)(CC)C(=O)OC(C)CCCCCC. The molecule has 0 fully saturated rings. The molecule has 4 heteroatoms. The van der Waals surface area contributed by atoms with Gasteiger partial charge in [-0.1, -0.05) is 143 Å². The van der Waals surface area contributed by atoms with E-state index in [4.69, 9.17) is 9.47 Å². The molecule has 0 saturated heterocycles. The van der Waals surface area contributed by atoms with E-state index in [1.54, 1.807) is 0 Å². The Labute approximate surface area is 231 Å². The van der Waals surface area contributed by atoms with Crippen LogP contribution in [0.1, 0.15) is 182 Å². The van der Waals surface area contributed by atoms with Gasteiger partial charge in [-0.25, -0.2) is 0 Å². The van der Waals surface area contributed by atoms with Gasteiger partial charge >= 0.3 is 11.9 Å². The lowest BCUT2D eigenvalue weighted by molar-refractivity contribution is -0.176. The Balaban J connectivity index is 3.89. The number of carbonyl (C=O) groups is 2. The quantitative estimate of drug-likeness (QED) is 0.0609. The smallest absolute Gasteiger partial charge is 0.323 e. The highest BCUT2D eigenvalue weighted by atomic mass is 16.6. The zero-order chi connectivity index (χ0) is 27.6. The molecule has 0 spiro atoms. The molecule has 0 rings (SSSR count). The van der Waals surface area contributed by atoms with Crippen LogP contribution in [0, 0.1) is 5.41 Å². The van der Waals surface area contributed by atoms with E-state index in [1.807, 2.05) is 20.8 Å². The van der Waals surface area contributed by atoms with Crippen molar-refractivity contribution < 1.29 is 19.1 Å². The summed E-state index contributed by atoms with van der Waals surface area (Å²) in [6, 6.07) is 0. The number of rotatable bonds is 27. The fourth-order valence-corrected chi connectivity index (χ4v) is 5.08. The Kier molecular flexibility index (Phi) is 24.5. The van der Waals surface area contributed by atoms with Gasteiger partial charge in [0.05, 0.1) is 12.7 Å². The van der Waals surface area contributed by atoms with E-state index >= 15 is 0 Å². The molecule has 0 amide bonds. The third-order valence-corrected chi connectivity index (χ3v) is 7.99. The van der Waals surface area contributed by atoms with E-state index in [9.17, 15) is 9.59 Å². The summed E-state index contributed by atoms with van der Waals surface area (Å²) in [4.78, 5) is 25.8. The molecule has 37 heavy (non-hydrogen) atoms. The predicted molar refractivity (Wildman–Crippen MR) is 158 cm³/mol. The van der Waals surface area contributed by atoms with Crippen LogP contribution < -0.4 is 0 Å². The average molecular weight is 525 g/mol. The fourth-order valence-electron chi connectivity index (χ4n) is 5.08. The summed E-state index contributed by atoms with van der Waals surface area (Å²) in [5, 5.41) is 0. The molecule has 1 unspecified atom stereocenters. The number of hydrogen-bond acceptors (Lipinski definition) is 4. The molecule has 1 atom stereocenters. The van der Waals surface area contributed by atoms with Gasteiger partial charge in [-0.15, -0.1) is 0 Å². The molecule has 0 aliphatic carbocycles. The third kappa shape index (κ3) is 18.0. The lowest BCUT2D eigenvalue weighted by Gasteiger charge is -2.28. The van der Waals surface area contributed by atoms with Crippen LogP contribution in [0.25, 0.3) is 0 Å². The molecule has 0 aliphatic rings. The molecule has 0 aromatic rings. The first-order chi connectivity index (χ1) is 18.0.